The van der Waals surface area contributed by atoms with E-state index >= 15 is 0 Å². The van der Waals surface area contributed by atoms with Crippen molar-refractivity contribution in [2.45, 2.75) is 72.5 Å². The summed E-state index contributed by atoms with van der Waals surface area (Å²) in [4.78, 5) is 23.6. The van der Waals surface area contributed by atoms with E-state index < -0.39 is 0 Å². The van der Waals surface area contributed by atoms with Crippen LogP contribution in [0.4, 0.5) is 4.79 Å². The second-order valence-corrected chi connectivity index (χ2v) is 6.35. The van der Waals surface area contributed by atoms with Crippen molar-refractivity contribution < 1.29 is 14.1 Å². The molecule has 3 amide bonds. The molecule has 0 aliphatic rings. The molecule has 0 aromatic carbocycles. The maximum Gasteiger partial charge on any atom is 0.315 e. The molecule has 0 aliphatic heterocycles. The lowest BCUT2D eigenvalue weighted by Gasteiger charge is -2.18. The molecule has 130 valence electrons. The maximum absolute atomic E-state index is 12.0. The third-order valence-electron chi connectivity index (χ3n) is 3.39. The van der Waals surface area contributed by atoms with Gasteiger partial charge < -0.3 is 20.5 Å². The number of hydrogen-bond acceptors (Lipinski definition) is 4. The lowest BCUT2D eigenvalue weighted by Crippen LogP contribution is -2.46. The van der Waals surface area contributed by atoms with Gasteiger partial charge in [0, 0.05) is 30.1 Å². The molecule has 7 nitrogen and oxygen atoms in total. The number of aryl methyl sites for hydroxylation is 2. The molecule has 1 aromatic heterocycles. The van der Waals surface area contributed by atoms with Gasteiger partial charge in [-0.2, -0.15) is 0 Å². The van der Waals surface area contributed by atoms with Crippen LogP contribution in [-0.2, 0) is 11.2 Å². The highest BCUT2D eigenvalue weighted by molar-refractivity contribution is 5.79. The van der Waals surface area contributed by atoms with E-state index in [-0.39, 0.29) is 36.5 Å². The van der Waals surface area contributed by atoms with Gasteiger partial charge in [-0.15, -0.1) is 0 Å². The highest BCUT2D eigenvalue weighted by Crippen LogP contribution is 2.14. The molecule has 0 fully saturated rings. The lowest BCUT2D eigenvalue weighted by atomic mass is 10.1. The van der Waals surface area contributed by atoms with E-state index in [4.69, 9.17) is 4.52 Å². The van der Waals surface area contributed by atoms with Gasteiger partial charge in [-0.25, -0.2) is 4.79 Å². The van der Waals surface area contributed by atoms with Gasteiger partial charge in [0.15, 0.2) is 0 Å². The fourth-order valence-electron chi connectivity index (χ4n) is 2.35. The quantitative estimate of drug-likeness (QED) is 0.713. The summed E-state index contributed by atoms with van der Waals surface area (Å²) in [6.07, 6.45) is 0.903. The predicted octanol–water partition coefficient (Wildman–Crippen LogP) is 1.82. The van der Waals surface area contributed by atoms with Gasteiger partial charge in [0.1, 0.15) is 5.76 Å². The number of nitrogens with one attached hydrogen (secondary N) is 3. The van der Waals surface area contributed by atoms with Crippen LogP contribution in [0.3, 0.4) is 0 Å². The van der Waals surface area contributed by atoms with Crippen LogP contribution in [-0.4, -0.2) is 35.2 Å². The van der Waals surface area contributed by atoms with Crippen molar-refractivity contribution in [1.29, 1.82) is 0 Å². The molecular formula is C16H28N4O3. The molecule has 1 heterocycles. The number of urea groups is 1. The standard InChI is InChI=1S/C16H28N4O3/c1-9(2)17-15(21)8-11(4)19-16(22)18-10(3)7-14-12(5)20-23-13(14)6/h9-11H,7-8H2,1-6H3,(H,17,21)(H2,18,19,22)/t10-,11-/m1/s1. The van der Waals surface area contributed by atoms with Gasteiger partial charge in [0.05, 0.1) is 5.69 Å². The van der Waals surface area contributed by atoms with Gasteiger partial charge in [-0.05, 0) is 48.0 Å². The van der Waals surface area contributed by atoms with Gasteiger partial charge >= 0.3 is 6.03 Å². The van der Waals surface area contributed by atoms with Crippen LogP contribution in [0.1, 0.15) is 51.1 Å². The third kappa shape index (κ3) is 6.71. The fourth-order valence-corrected chi connectivity index (χ4v) is 2.35. The number of hydrogen-bond donors (Lipinski definition) is 3. The summed E-state index contributed by atoms with van der Waals surface area (Å²) in [6, 6.07) is -0.490. The third-order valence-corrected chi connectivity index (χ3v) is 3.39. The molecule has 1 aromatic rings. The van der Waals surface area contributed by atoms with Crippen molar-refractivity contribution in [3.63, 3.8) is 0 Å². The summed E-state index contributed by atoms with van der Waals surface area (Å²) < 4.78 is 5.12. The molecule has 2 atom stereocenters. The number of nitrogens with zero attached hydrogens (tertiary/aromatic N) is 1. The lowest BCUT2D eigenvalue weighted by molar-refractivity contribution is -0.121. The number of carbonyl (C=O) groups is 2. The Morgan fingerprint density at radius 1 is 1.04 bits per heavy atom. The number of carbonyl (C=O) groups excluding carboxylic acids is 2. The zero-order valence-electron chi connectivity index (χ0n) is 14.8. The zero-order valence-corrected chi connectivity index (χ0v) is 14.8. The second kappa shape index (κ2) is 8.55. The van der Waals surface area contributed by atoms with Crippen LogP contribution in [0.15, 0.2) is 4.52 Å². The average Bonchev–Trinajstić information content (AvgIpc) is 2.68. The molecular weight excluding hydrogens is 296 g/mol. The summed E-state index contributed by atoms with van der Waals surface area (Å²) in [5.41, 5.74) is 1.86. The topological polar surface area (TPSA) is 96.3 Å². The van der Waals surface area contributed by atoms with E-state index in [9.17, 15) is 9.59 Å². The van der Waals surface area contributed by atoms with E-state index in [2.05, 4.69) is 21.1 Å². The molecule has 7 heteroatoms. The van der Waals surface area contributed by atoms with Crippen LogP contribution >= 0.6 is 0 Å². The Hall–Kier alpha value is -2.05. The molecule has 0 unspecified atom stereocenters. The van der Waals surface area contributed by atoms with Gasteiger partial charge in [-0.1, -0.05) is 5.16 Å². The molecule has 0 bridgehead atoms. The molecule has 23 heavy (non-hydrogen) atoms. The maximum atomic E-state index is 12.0. The zero-order chi connectivity index (χ0) is 17.6. The summed E-state index contributed by atoms with van der Waals surface area (Å²) in [5.74, 6) is 0.701. The normalized spacial score (nSPS) is 13.5. The molecule has 0 saturated heterocycles. The van der Waals surface area contributed by atoms with Crippen molar-refractivity contribution in [2.24, 2.45) is 0 Å². The first-order valence-corrected chi connectivity index (χ1v) is 7.97. The van der Waals surface area contributed by atoms with Gasteiger partial charge in [-0.3, -0.25) is 4.79 Å². The smallest absolute Gasteiger partial charge is 0.315 e. The Balaban J connectivity index is 2.39. The van der Waals surface area contributed by atoms with Gasteiger partial charge in [0.25, 0.3) is 0 Å². The Morgan fingerprint density at radius 2 is 1.65 bits per heavy atom. The Kier molecular flexibility index (Phi) is 7.06. The first-order valence-electron chi connectivity index (χ1n) is 7.97. The van der Waals surface area contributed by atoms with Gasteiger partial charge in [0.2, 0.25) is 5.91 Å². The summed E-state index contributed by atoms with van der Waals surface area (Å²) in [6.45, 7) is 11.3. The largest absolute Gasteiger partial charge is 0.361 e. The number of rotatable bonds is 7. The van der Waals surface area contributed by atoms with Crippen LogP contribution in [0.2, 0.25) is 0 Å². The minimum atomic E-state index is -0.283. The summed E-state index contributed by atoms with van der Waals surface area (Å²) in [7, 11) is 0. The van der Waals surface area contributed by atoms with Crippen molar-refractivity contribution in [2.75, 3.05) is 0 Å². The van der Waals surface area contributed by atoms with E-state index in [0.717, 1.165) is 17.0 Å². The molecule has 0 aliphatic carbocycles. The van der Waals surface area contributed by atoms with Crippen LogP contribution in [0, 0.1) is 13.8 Å². The molecule has 3 N–H and O–H groups in total. The van der Waals surface area contributed by atoms with E-state index in [1.165, 1.54) is 0 Å². The molecule has 0 spiro atoms. The summed E-state index contributed by atoms with van der Waals surface area (Å²) in [5, 5.41) is 12.3. The first-order chi connectivity index (χ1) is 10.7. The van der Waals surface area contributed by atoms with Crippen molar-refractivity contribution in [3.8, 4) is 0 Å². The summed E-state index contributed by atoms with van der Waals surface area (Å²) >= 11 is 0. The Labute approximate surface area is 137 Å². The van der Waals surface area contributed by atoms with Crippen LogP contribution in [0.25, 0.3) is 0 Å². The minimum absolute atomic E-state index is 0.0662. The molecule has 0 radical (unpaired) electrons. The predicted molar refractivity (Wildman–Crippen MR) is 88.2 cm³/mol. The Morgan fingerprint density at radius 3 is 2.17 bits per heavy atom. The molecule has 1 rings (SSSR count). The fraction of sp³-hybridized carbons (Fsp3) is 0.688. The average molecular weight is 324 g/mol. The van der Waals surface area contributed by atoms with E-state index in [1.807, 2.05) is 34.6 Å². The Bertz CT molecular complexity index is 520. The SMILES string of the molecule is Cc1noc(C)c1C[C@@H](C)NC(=O)N[C@H](C)CC(=O)NC(C)C. The molecule has 0 saturated carbocycles. The monoisotopic (exact) mass is 324 g/mol. The van der Waals surface area contributed by atoms with Crippen LogP contribution in [0.5, 0.6) is 0 Å². The van der Waals surface area contributed by atoms with E-state index in [0.29, 0.717) is 6.42 Å². The van der Waals surface area contributed by atoms with Crippen LogP contribution < -0.4 is 16.0 Å². The number of amides is 3. The van der Waals surface area contributed by atoms with Crippen molar-refractivity contribution in [1.82, 2.24) is 21.1 Å². The van der Waals surface area contributed by atoms with Crippen molar-refractivity contribution >= 4 is 11.9 Å². The number of aromatic nitrogens is 1. The highest BCUT2D eigenvalue weighted by Gasteiger charge is 2.16. The first kappa shape index (κ1) is 19.0. The second-order valence-electron chi connectivity index (χ2n) is 6.35. The minimum Gasteiger partial charge on any atom is -0.361 e. The van der Waals surface area contributed by atoms with Crippen molar-refractivity contribution in [3.05, 3.63) is 17.0 Å². The van der Waals surface area contributed by atoms with E-state index in [1.54, 1.807) is 6.92 Å². The highest BCUT2D eigenvalue weighted by atomic mass is 16.5.